The Morgan fingerprint density at radius 2 is 1.73 bits per heavy atom. The molecule has 0 aromatic heterocycles. The number of para-hydroxylation sites is 1. The summed E-state index contributed by atoms with van der Waals surface area (Å²) in [4.78, 5) is 27.1. The fraction of sp³-hybridized carbons (Fsp3) is 0.273. The average Bonchev–Trinajstić information content (AvgIpc) is 2.67. The number of benzene rings is 2. The van der Waals surface area contributed by atoms with Crippen molar-refractivity contribution in [3.8, 4) is 0 Å². The lowest BCUT2D eigenvalue weighted by Gasteiger charge is -2.39. The fourth-order valence-corrected chi connectivity index (χ4v) is 4.77. The van der Waals surface area contributed by atoms with Crippen molar-refractivity contribution in [3.63, 3.8) is 0 Å². The summed E-state index contributed by atoms with van der Waals surface area (Å²) in [7, 11) is 0. The van der Waals surface area contributed by atoms with Gasteiger partial charge < -0.3 is 0 Å². The summed E-state index contributed by atoms with van der Waals surface area (Å²) in [6.45, 7) is 0. The fourth-order valence-electron chi connectivity index (χ4n) is 4.23. The Morgan fingerprint density at radius 1 is 1.00 bits per heavy atom. The first-order valence-electron chi connectivity index (χ1n) is 9.39. The van der Waals surface area contributed by atoms with Crippen molar-refractivity contribution in [2.75, 3.05) is 4.90 Å². The first kappa shape index (κ1) is 20.9. The molecule has 0 spiro atoms. The third-order valence-corrected chi connectivity index (χ3v) is 6.03. The Kier molecular flexibility index (Phi) is 5.41. The van der Waals surface area contributed by atoms with E-state index in [4.69, 9.17) is 23.2 Å². The zero-order valence-corrected chi connectivity index (χ0v) is 17.1. The predicted octanol–water partition coefficient (Wildman–Crippen LogP) is 6.54. The Bertz CT molecular complexity index is 1080. The van der Waals surface area contributed by atoms with E-state index < -0.39 is 23.6 Å². The van der Waals surface area contributed by atoms with Crippen molar-refractivity contribution in [1.82, 2.24) is 0 Å². The lowest BCUT2D eigenvalue weighted by atomic mass is 9.77. The van der Waals surface area contributed by atoms with Gasteiger partial charge in [0.05, 0.1) is 11.3 Å². The molecule has 0 bridgehead atoms. The van der Waals surface area contributed by atoms with Crippen LogP contribution in [0.2, 0.25) is 10.0 Å². The van der Waals surface area contributed by atoms with Gasteiger partial charge in [0.15, 0.2) is 5.78 Å². The van der Waals surface area contributed by atoms with Crippen LogP contribution >= 0.6 is 23.2 Å². The maximum Gasteiger partial charge on any atom is 0.418 e. The largest absolute Gasteiger partial charge is 0.418 e. The lowest BCUT2D eigenvalue weighted by molar-refractivity contribution is -0.137. The highest BCUT2D eigenvalue weighted by molar-refractivity contribution is 6.35. The molecule has 8 heteroatoms. The van der Waals surface area contributed by atoms with Gasteiger partial charge >= 0.3 is 6.18 Å². The quantitative estimate of drug-likeness (QED) is 0.517. The number of rotatable bonds is 2. The normalized spacial score (nSPS) is 19.9. The minimum Gasteiger partial charge on any atom is -0.294 e. The molecule has 0 saturated carbocycles. The number of hydrogen-bond acceptors (Lipinski definition) is 2. The Balaban J connectivity index is 1.91. The van der Waals surface area contributed by atoms with Crippen LogP contribution in [0.3, 0.4) is 0 Å². The molecule has 0 saturated heterocycles. The SMILES string of the molecule is O=C1CCCC2=C1C(c1ccc(Cl)cc1Cl)CC(=O)N2c1ccccc1C(F)(F)F. The molecule has 0 radical (unpaired) electrons. The van der Waals surface area contributed by atoms with Gasteiger partial charge in [-0.1, -0.05) is 41.4 Å². The Hall–Kier alpha value is -2.31. The number of nitrogens with zero attached hydrogens (tertiary/aromatic N) is 1. The molecule has 2 aromatic rings. The zero-order chi connectivity index (χ0) is 21.6. The van der Waals surface area contributed by atoms with E-state index in [9.17, 15) is 22.8 Å². The highest BCUT2D eigenvalue weighted by Crippen LogP contribution is 2.47. The summed E-state index contributed by atoms with van der Waals surface area (Å²) in [6, 6.07) is 9.74. The van der Waals surface area contributed by atoms with Gasteiger partial charge in [-0.3, -0.25) is 14.5 Å². The summed E-state index contributed by atoms with van der Waals surface area (Å²) in [5.74, 6) is -1.29. The number of carbonyl (C=O) groups excluding carboxylic acids is 2. The van der Waals surface area contributed by atoms with Crippen LogP contribution in [0.15, 0.2) is 53.7 Å². The minimum absolute atomic E-state index is 0.155. The van der Waals surface area contributed by atoms with Gasteiger partial charge in [0.1, 0.15) is 0 Å². The molecule has 3 nitrogen and oxygen atoms in total. The van der Waals surface area contributed by atoms with Crippen LogP contribution in [0.4, 0.5) is 18.9 Å². The molecule has 1 atom stereocenters. The third kappa shape index (κ3) is 3.63. The van der Waals surface area contributed by atoms with Gasteiger partial charge in [0, 0.05) is 40.1 Å². The van der Waals surface area contributed by atoms with Crippen molar-refractivity contribution >= 4 is 40.6 Å². The standard InChI is InChI=1S/C22H16Cl2F3NO2/c23-12-8-9-13(16(24)10-12)14-11-20(30)28(18-6-3-7-19(29)21(14)18)17-5-2-1-4-15(17)22(25,26)27/h1-2,4-5,8-10,14H,3,6-7,11H2. The van der Waals surface area contributed by atoms with Crippen molar-refractivity contribution in [2.24, 2.45) is 0 Å². The van der Waals surface area contributed by atoms with Gasteiger partial charge in [0.25, 0.3) is 0 Å². The van der Waals surface area contributed by atoms with Gasteiger partial charge in [-0.15, -0.1) is 0 Å². The van der Waals surface area contributed by atoms with Gasteiger partial charge in [-0.2, -0.15) is 13.2 Å². The highest BCUT2D eigenvalue weighted by Gasteiger charge is 2.43. The number of ketones is 1. The number of anilines is 1. The van der Waals surface area contributed by atoms with E-state index in [-0.39, 0.29) is 24.3 Å². The molecule has 1 aliphatic carbocycles. The maximum absolute atomic E-state index is 13.6. The smallest absolute Gasteiger partial charge is 0.294 e. The molecule has 1 aliphatic heterocycles. The maximum atomic E-state index is 13.6. The van der Waals surface area contributed by atoms with Crippen LogP contribution in [0, 0.1) is 0 Å². The molecule has 1 amide bonds. The van der Waals surface area contributed by atoms with E-state index in [1.807, 2.05) is 0 Å². The number of alkyl halides is 3. The minimum atomic E-state index is -4.63. The summed E-state index contributed by atoms with van der Waals surface area (Å²) in [5, 5.41) is 0.727. The molecule has 0 N–H and O–H groups in total. The van der Waals surface area contributed by atoms with Crippen LogP contribution < -0.4 is 4.90 Å². The van der Waals surface area contributed by atoms with Crippen LogP contribution in [0.5, 0.6) is 0 Å². The monoisotopic (exact) mass is 453 g/mol. The van der Waals surface area contributed by atoms with Crippen molar-refractivity contribution in [1.29, 1.82) is 0 Å². The van der Waals surface area contributed by atoms with Gasteiger partial charge in [0.2, 0.25) is 5.91 Å². The Labute approximate surface area is 181 Å². The number of allylic oxidation sites excluding steroid dienone is 2. The number of carbonyl (C=O) groups is 2. The second kappa shape index (κ2) is 7.75. The molecular weight excluding hydrogens is 438 g/mol. The molecule has 156 valence electrons. The number of hydrogen-bond donors (Lipinski definition) is 0. The van der Waals surface area contributed by atoms with Gasteiger partial charge in [-0.25, -0.2) is 0 Å². The number of Topliss-reactive ketones (excluding diaryl/α,β-unsaturated/α-hetero) is 1. The number of halogens is 5. The second-order valence-corrected chi connectivity index (χ2v) is 8.15. The average molecular weight is 454 g/mol. The molecule has 2 aromatic carbocycles. The first-order chi connectivity index (χ1) is 14.2. The van der Waals surface area contributed by atoms with Crippen LogP contribution in [-0.2, 0) is 15.8 Å². The molecule has 1 heterocycles. The van der Waals surface area contributed by atoms with Crippen LogP contribution in [0.1, 0.15) is 42.7 Å². The molecule has 4 rings (SSSR count). The summed E-state index contributed by atoms with van der Waals surface area (Å²) in [5.41, 5.74) is 0.0993. The van der Waals surface area contributed by atoms with Crippen LogP contribution in [0.25, 0.3) is 0 Å². The van der Waals surface area contributed by atoms with E-state index >= 15 is 0 Å². The van der Waals surface area contributed by atoms with Crippen molar-refractivity contribution in [2.45, 2.75) is 37.8 Å². The topological polar surface area (TPSA) is 37.4 Å². The van der Waals surface area contributed by atoms with E-state index in [1.165, 1.54) is 24.3 Å². The molecular formula is C22H16Cl2F3NO2. The molecule has 1 unspecified atom stereocenters. The van der Waals surface area contributed by atoms with Gasteiger partial charge in [-0.05, 0) is 42.7 Å². The van der Waals surface area contributed by atoms with E-state index in [1.54, 1.807) is 12.1 Å². The van der Waals surface area contributed by atoms with E-state index in [2.05, 4.69) is 0 Å². The predicted molar refractivity (Wildman–Crippen MR) is 109 cm³/mol. The lowest BCUT2D eigenvalue weighted by Crippen LogP contribution is -2.41. The third-order valence-electron chi connectivity index (χ3n) is 5.46. The van der Waals surface area contributed by atoms with Crippen molar-refractivity contribution in [3.05, 3.63) is 74.9 Å². The summed E-state index contributed by atoms with van der Waals surface area (Å²) in [6.07, 6.45) is -3.70. The first-order valence-corrected chi connectivity index (χ1v) is 10.1. The van der Waals surface area contributed by atoms with Crippen molar-refractivity contribution < 1.29 is 22.8 Å². The summed E-state index contributed by atoms with van der Waals surface area (Å²) >= 11 is 12.3. The number of amides is 1. The van der Waals surface area contributed by atoms with E-state index in [0.717, 1.165) is 11.0 Å². The second-order valence-electron chi connectivity index (χ2n) is 7.30. The Morgan fingerprint density at radius 3 is 2.43 bits per heavy atom. The van der Waals surface area contributed by atoms with E-state index in [0.29, 0.717) is 39.7 Å². The zero-order valence-electron chi connectivity index (χ0n) is 15.6. The molecule has 0 fully saturated rings. The summed E-state index contributed by atoms with van der Waals surface area (Å²) < 4.78 is 40.8. The molecule has 30 heavy (non-hydrogen) atoms. The highest BCUT2D eigenvalue weighted by atomic mass is 35.5. The molecule has 2 aliphatic rings. The van der Waals surface area contributed by atoms with Crippen LogP contribution in [-0.4, -0.2) is 11.7 Å².